The SMILES string of the molecule is Cc1nn(CC(=O)N(C)C)c(=O)n1C. The molecule has 0 unspecified atom stereocenters. The minimum Gasteiger partial charge on any atom is -0.347 e. The predicted molar refractivity (Wildman–Crippen MR) is 50.9 cm³/mol. The Morgan fingerprint density at radius 1 is 1.50 bits per heavy atom. The van der Waals surface area contributed by atoms with Gasteiger partial charge in [0.2, 0.25) is 5.91 Å². The van der Waals surface area contributed by atoms with Crippen molar-refractivity contribution in [2.75, 3.05) is 14.1 Å². The van der Waals surface area contributed by atoms with Crippen LogP contribution in [0.25, 0.3) is 0 Å². The van der Waals surface area contributed by atoms with Crippen LogP contribution in [0.15, 0.2) is 4.79 Å². The van der Waals surface area contributed by atoms with Gasteiger partial charge in [-0.25, -0.2) is 9.48 Å². The van der Waals surface area contributed by atoms with Gasteiger partial charge in [-0.15, -0.1) is 0 Å². The highest BCUT2D eigenvalue weighted by Crippen LogP contribution is 1.88. The Morgan fingerprint density at radius 3 is 2.43 bits per heavy atom. The maximum absolute atomic E-state index is 11.4. The van der Waals surface area contributed by atoms with Crippen LogP contribution < -0.4 is 5.69 Å². The summed E-state index contributed by atoms with van der Waals surface area (Å²) in [7, 11) is 4.91. The van der Waals surface area contributed by atoms with E-state index in [9.17, 15) is 9.59 Å². The number of hydrogen-bond acceptors (Lipinski definition) is 3. The molecule has 0 radical (unpaired) electrons. The zero-order valence-electron chi connectivity index (χ0n) is 8.81. The first-order valence-corrected chi connectivity index (χ1v) is 4.24. The molecule has 0 atom stereocenters. The topological polar surface area (TPSA) is 60.1 Å². The van der Waals surface area contributed by atoms with Gasteiger partial charge >= 0.3 is 5.69 Å². The summed E-state index contributed by atoms with van der Waals surface area (Å²) in [6, 6.07) is 0. The standard InChI is InChI=1S/C8H14N4O2/c1-6-9-12(8(14)11(6)4)5-7(13)10(2)3/h5H2,1-4H3. The minimum atomic E-state index is -0.266. The van der Waals surface area contributed by atoms with Gasteiger partial charge < -0.3 is 4.90 Å². The summed E-state index contributed by atoms with van der Waals surface area (Å²) in [6.07, 6.45) is 0. The first-order chi connectivity index (χ1) is 6.43. The van der Waals surface area contributed by atoms with Crippen molar-refractivity contribution < 1.29 is 4.79 Å². The first-order valence-electron chi connectivity index (χ1n) is 4.24. The number of aromatic nitrogens is 3. The Morgan fingerprint density at radius 2 is 2.07 bits per heavy atom. The second-order valence-electron chi connectivity index (χ2n) is 3.33. The molecule has 0 spiro atoms. The van der Waals surface area contributed by atoms with Gasteiger partial charge in [-0.1, -0.05) is 0 Å². The second-order valence-corrected chi connectivity index (χ2v) is 3.33. The van der Waals surface area contributed by atoms with E-state index >= 15 is 0 Å². The number of hydrogen-bond donors (Lipinski definition) is 0. The Balaban J connectivity index is 2.94. The number of nitrogens with zero attached hydrogens (tertiary/aromatic N) is 4. The number of rotatable bonds is 2. The fourth-order valence-corrected chi connectivity index (χ4v) is 0.969. The fourth-order valence-electron chi connectivity index (χ4n) is 0.969. The molecule has 0 fully saturated rings. The van der Waals surface area contributed by atoms with Crippen molar-refractivity contribution in [2.45, 2.75) is 13.5 Å². The van der Waals surface area contributed by atoms with E-state index in [1.165, 1.54) is 9.47 Å². The van der Waals surface area contributed by atoms with Gasteiger partial charge in [0.15, 0.2) is 0 Å². The van der Waals surface area contributed by atoms with E-state index in [0.29, 0.717) is 5.82 Å². The molecule has 0 bridgehead atoms. The van der Waals surface area contributed by atoms with E-state index in [-0.39, 0.29) is 18.1 Å². The van der Waals surface area contributed by atoms with Gasteiger partial charge in [0, 0.05) is 21.1 Å². The van der Waals surface area contributed by atoms with Crippen LogP contribution in [0, 0.1) is 6.92 Å². The van der Waals surface area contributed by atoms with Gasteiger partial charge in [-0.05, 0) is 6.92 Å². The summed E-state index contributed by atoms with van der Waals surface area (Å²) in [5.41, 5.74) is -0.266. The maximum atomic E-state index is 11.4. The molecule has 0 aromatic carbocycles. The zero-order valence-corrected chi connectivity index (χ0v) is 8.81. The van der Waals surface area contributed by atoms with E-state index in [1.807, 2.05) is 0 Å². The van der Waals surface area contributed by atoms with Crippen LogP contribution in [0.3, 0.4) is 0 Å². The van der Waals surface area contributed by atoms with Crippen molar-refractivity contribution in [3.05, 3.63) is 16.3 Å². The highest BCUT2D eigenvalue weighted by Gasteiger charge is 2.11. The monoisotopic (exact) mass is 198 g/mol. The summed E-state index contributed by atoms with van der Waals surface area (Å²) < 4.78 is 2.57. The quantitative estimate of drug-likeness (QED) is 0.611. The van der Waals surface area contributed by atoms with Crippen LogP contribution in [-0.2, 0) is 18.4 Å². The Hall–Kier alpha value is -1.59. The Labute approximate surface area is 81.7 Å². The molecule has 0 aliphatic heterocycles. The van der Waals surface area contributed by atoms with E-state index in [4.69, 9.17) is 0 Å². The van der Waals surface area contributed by atoms with Crippen molar-refractivity contribution in [1.82, 2.24) is 19.2 Å². The van der Waals surface area contributed by atoms with Crippen LogP contribution in [0.4, 0.5) is 0 Å². The van der Waals surface area contributed by atoms with Crippen molar-refractivity contribution in [3.63, 3.8) is 0 Å². The molecule has 1 heterocycles. The van der Waals surface area contributed by atoms with Crippen LogP contribution in [0.1, 0.15) is 5.82 Å². The number of carbonyl (C=O) groups excluding carboxylic acids is 1. The summed E-state index contributed by atoms with van der Waals surface area (Å²) >= 11 is 0. The summed E-state index contributed by atoms with van der Waals surface area (Å²) in [5, 5.41) is 3.95. The lowest BCUT2D eigenvalue weighted by Gasteiger charge is -2.08. The number of amides is 1. The van der Waals surface area contributed by atoms with Crippen molar-refractivity contribution in [1.29, 1.82) is 0 Å². The third-order valence-corrected chi connectivity index (χ3v) is 2.04. The van der Waals surface area contributed by atoms with Crippen LogP contribution in [0.5, 0.6) is 0 Å². The Kier molecular flexibility index (Phi) is 2.73. The molecule has 0 saturated carbocycles. The van der Waals surface area contributed by atoms with Crippen LogP contribution >= 0.6 is 0 Å². The average molecular weight is 198 g/mol. The fraction of sp³-hybridized carbons (Fsp3) is 0.625. The molecule has 14 heavy (non-hydrogen) atoms. The van der Waals surface area contributed by atoms with Gasteiger partial charge in [0.25, 0.3) is 0 Å². The molecule has 1 amide bonds. The highest BCUT2D eigenvalue weighted by molar-refractivity contribution is 5.75. The van der Waals surface area contributed by atoms with Gasteiger partial charge in [-0.3, -0.25) is 9.36 Å². The maximum Gasteiger partial charge on any atom is 0.346 e. The minimum absolute atomic E-state index is 0.00644. The first kappa shape index (κ1) is 10.5. The van der Waals surface area contributed by atoms with E-state index in [1.54, 1.807) is 28.1 Å². The normalized spacial score (nSPS) is 10.3. The van der Waals surface area contributed by atoms with Gasteiger partial charge in [0.05, 0.1) is 0 Å². The van der Waals surface area contributed by atoms with Crippen molar-refractivity contribution >= 4 is 5.91 Å². The van der Waals surface area contributed by atoms with E-state index in [2.05, 4.69) is 5.10 Å². The molecule has 6 heteroatoms. The smallest absolute Gasteiger partial charge is 0.346 e. The third kappa shape index (κ3) is 1.84. The van der Waals surface area contributed by atoms with Crippen LogP contribution in [0.2, 0.25) is 0 Å². The van der Waals surface area contributed by atoms with Gasteiger partial charge in [-0.2, -0.15) is 5.10 Å². The number of aryl methyl sites for hydroxylation is 1. The molecule has 1 aromatic rings. The molecule has 1 rings (SSSR count). The number of likely N-dealkylation sites (N-methyl/N-ethyl adjacent to an activating group) is 1. The largest absolute Gasteiger partial charge is 0.347 e. The Bertz CT molecular complexity index is 402. The van der Waals surface area contributed by atoms with Gasteiger partial charge in [0.1, 0.15) is 12.4 Å². The van der Waals surface area contributed by atoms with Crippen LogP contribution in [-0.4, -0.2) is 39.3 Å². The molecular weight excluding hydrogens is 184 g/mol. The van der Waals surface area contributed by atoms with E-state index in [0.717, 1.165) is 4.68 Å². The van der Waals surface area contributed by atoms with Crippen molar-refractivity contribution in [2.24, 2.45) is 7.05 Å². The predicted octanol–water partition coefficient (Wildman–Crippen LogP) is -1.02. The molecular formula is C8H14N4O2. The molecule has 0 aliphatic carbocycles. The highest BCUT2D eigenvalue weighted by atomic mass is 16.2. The second kappa shape index (κ2) is 3.65. The molecule has 6 nitrogen and oxygen atoms in total. The van der Waals surface area contributed by atoms with E-state index < -0.39 is 0 Å². The third-order valence-electron chi connectivity index (χ3n) is 2.04. The lowest BCUT2D eigenvalue weighted by molar-refractivity contribution is -0.129. The van der Waals surface area contributed by atoms with Crippen molar-refractivity contribution in [3.8, 4) is 0 Å². The zero-order chi connectivity index (χ0) is 10.9. The molecule has 78 valence electrons. The lowest BCUT2D eigenvalue weighted by atomic mass is 10.5. The lowest BCUT2D eigenvalue weighted by Crippen LogP contribution is -2.32. The summed E-state index contributed by atoms with van der Waals surface area (Å²) in [4.78, 5) is 24.2. The molecule has 0 saturated heterocycles. The average Bonchev–Trinajstić information content (AvgIpc) is 2.33. The summed E-state index contributed by atoms with van der Waals surface area (Å²) in [6.45, 7) is 1.71. The molecule has 1 aromatic heterocycles. The number of carbonyl (C=O) groups is 1. The molecule has 0 aliphatic rings. The molecule has 0 N–H and O–H groups in total. The summed E-state index contributed by atoms with van der Waals surface area (Å²) in [5.74, 6) is 0.451.